The summed E-state index contributed by atoms with van der Waals surface area (Å²) in [5.74, 6) is -0.289. The molecule has 38 heavy (non-hydrogen) atoms. The van der Waals surface area contributed by atoms with Crippen LogP contribution in [0.25, 0.3) is 27.1 Å². The number of ether oxygens (including phenoxy) is 1. The van der Waals surface area contributed by atoms with Gasteiger partial charge in [0.05, 0.1) is 23.4 Å². The average Bonchev–Trinajstić information content (AvgIpc) is 3.52. The highest BCUT2D eigenvalue weighted by atomic mass is 32.2. The molecule has 1 aliphatic heterocycles. The number of nitrogens with one attached hydrogen (secondary N) is 3. The Labute approximate surface area is 225 Å². The number of aromatic nitrogens is 5. The molecule has 1 fully saturated rings. The number of hydrogen-bond donors (Lipinski definition) is 3. The van der Waals surface area contributed by atoms with Gasteiger partial charge in [0, 0.05) is 47.8 Å². The second-order valence-electron chi connectivity index (χ2n) is 8.61. The van der Waals surface area contributed by atoms with Crippen LogP contribution in [0.3, 0.4) is 0 Å². The Morgan fingerprint density at radius 3 is 2.84 bits per heavy atom. The molecule has 1 saturated heterocycles. The fourth-order valence-corrected chi connectivity index (χ4v) is 5.89. The van der Waals surface area contributed by atoms with Crippen molar-refractivity contribution in [1.82, 2.24) is 30.5 Å². The zero-order valence-corrected chi connectivity index (χ0v) is 21.8. The van der Waals surface area contributed by atoms with Gasteiger partial charge in [0.1, 0.15) is 11.5 Å². The number of hydrogen-bond acceptors (Lipinski definition) is 8. The number of H-pyrrole nitrogens is 1. The van der Waals surface area contributed by atoms with Gasteiger partial charge < -0.3 is 10.1 Å². The van der Waals surface area contributed by atoms with Crippen LogP contribution in [0.1, 0.15) is 0 Å². The van der Waals surface area contributed by atoms with Crippen LogP contribution < -0.4 is 15.1 Å². The van der Waals surface area contributed by atoms with Gasteiger partial charge in [0.25, 0.3) is 0 Å². The number of carbonyl (C=O) groups excluding carboxylic acids is 1. The van der Waals surface area contributed by atoms with Gasteiger partial charge in [-0.15, -0.1) is 10.2 Å². The van der Waals surface area contributed by atoms with E-state index in [1.54, 1.807) is 16.6 Å². The van der Waals surface area contributed by atoms with Crippen molar-refractivity contribution in [2.75, 3.05) is 44.7 Å². The Hall–Kier alpha value is -3.65. The molecule has 0 radical (unpaired) electrons. The SMILES string of the molecule is O=C(NCCN1CCOCC1)Nc1nc2ccc(Sc3[nH]nc4ccc(-c5ccc(F)cc5)n[n+]34)cc2s1. The first kappa shape index (κ1) is 24.7. The number of morpholine rings is 1. The standard InChI is InChI=1S/C25H23FN8O2S2/c26-17-3-1-16(2-4-17)19-7-8-22-30-31-25(34(22)32-19)37-18-5-6-20-21(15-18)38-24(28-20)29-23(35)27-9-10-33-11-13-36-14-12-33/h1-8,15H,9-14H2,(H2,27,28,29,35)/p+1. The second-order valence-corrected chi connectivity index (χ2v) is 10.7. The van der Waals surface area contributed by atoms with E-state index in [1.165, 1.54) is 35.2 Å². The molecule has 13 heteroatoms. The minimum absolute atomic E-state index is 0.268. The first-order valence-electron chi connectivity index (χ1n) is 12.1. The molecule has 0 aliphatic carbocycles. The van der Waals surface area contributed by atoms with Gasteiger partial charge in [-0.05, 0) is 60.3 Å². The highest BCUT2D eigenvalue weighted by Crippen LogP contribution is 2.32. The normalized spacial score (nSPS) is 14.2. The van der Waals surface area contributed by atoms with Gasteiger partial charge in [-0.25, -0.2) is 14.2 Å². The summed E-state index contributed by atoms with van der Waals surface area (Å²) < 4.78 is 21.4. The summed E-state index contributed by atoms with van der Waals surface area (Å²) in [6.45, 7) is 4.60. The highest BCUT2D eigenvalue weighted by molar-refractivity contribution is 7.99. The lowest BCUT2D eigenvalue weighted by Gasteiger charge is -2.26. The Kier molecular flexibility index (Phi) is 7.14. The summed E-state index contributed by atoms with van der Waals surface area (Å²) in [5, 5.41) is 19.1. The van der Waals surface area contributed by atoms with Crippen LogP contribution in [-0.4, -0.2) is 70.6 Å². The number of fused-ring (bicyclic) bond motifs is 2. The number of thiazole rings is 1. The first-order chi connectivity index (χ1) is 18.6. The molecule has 1 aliphatic rings. The number of anilines is 1. The summed E-state index contributed by atoms with van der Waals surface area (Å²) >= 11 is 2.90. The monoisotopic (exact) mass is 551 g/mol. The number of halogens is 1. The Morgan fingerprint density at radius 1 is 1.16 bits per heavy atom. The summed E-state index contributed by atoms with van der Waals surface area (Å²) in [4.78, 5) is 20.1. The van der Waals surface area contributed by atoms with Crippen LogP contribution >= 0.6 is 23.1 Å². The number of nitrogens with zero attached hydrogens (tertiary/aromatic N) is 5. The van der Waals surface area contributed by atoms with Crippen molar-refractivity contribution >= 4 is 50.1 Å². The van der Waals surface area contributed by atoms with Gasteiger partial charge in [0.2, 0.25) is 0 Å². The van der Waals surface area contributed by atoms with Gasteiger partial charge in [-0.1, -0.05) is 15.9 Å². The third-order valence-electron chi connectivity index (χ3n) is 6.03. The zero-order chi connectivity index (χ0) is 25.9. The topological polar surface area (TPSA) is 112 Å². The fourth-order valence-electron chi connectivity index (χ4n) is 4.07. The maximum Gasteiger partial charge on any atom is 0.326 e. The van der Waals surface area contributed by atoms with Crippen molar-refractivity contribution in [2.24, 2.45) is 0 Å². The van der Waals surface area contributed by atoms with E-state index in [1.807, 2.05) is 30.3 Å². The summed E-state index contributed by atoms with van der Waals surface area (Å²) in [7, 11) is 0. The van der Waals surface area contributed by atoms with E-state index in [0.29, 0.717) is 23.0 Å². The largest absolute Gasteiger partial charge is 0.379 e. The van der Waals surface area contributed by atoms with Crippen molar-refractivity contribution in [1.29, 1.82) is 0 Å². The molecule has 6 rings (SSSR count). The van der Waals surface area contributed by atoms with E-state index in [-0.39, 0.29) is 11.8 Å². The molecule has 0 unspecified atom stereocenters. The molecule has 10 nitrogen and oxygen atoms in total. The van der Waals surface area contributed by atoms with Crippen molar-refractivity contribution in [3.8, 4) is 11.3 Å². The smallest absolute Gasteiger partial charge is 0.326 e. The maximum absolute atomic E-state index is 13.3. The maximum atomic E-state index is 13.3. The molecule has 3 N–H and O–H groups in total. The first-order valence-corrected chi connectivity index (χ1v) is 13.7. The summed E-state index contributed by atoms with van der Waals surface area (Å²) in [5.41, 5.74) is 3.00. The van der Waals surface area contributed by atoms with Crippen molar-refractivity contribution in [3.63, 3.8) is 0 Å². The third kappa shape index (κ3) is 5.60. The summed E-state index contributed by atoms with van der Waals surface area (Å²) in [6.07, 6.45) is 0. The molecule has 2 amide bonds. The lowest BCUT2D eigenvalue weighted by atomic mass is 10.1. The van der Waals surface area contributed by atoms with E-state index >= 15 is 0 Å². The Morgan fingerprint density at radius 2 is 2.00 bits per heavy atom. The van der Waals surface area contributed by atoms with Crippen LogP contribution in [0.4, 0.5) is 14.3 Å². The predicted molar refractivity (Wildman–Crippen MR) is 143 cm³/mol. The molecule has 2 aromatic carbocycles. The van der Waals surface area contributed by atoms with E-state index in [0.717, 1.165) is 58.7 Å². The molecule has 194 valence electrons. The molecular formula is C25H24FN8O2S2+. The lowest BCUT2D eigenvalue weighted by Crippen LogP contribution is -2.42. The lowest BCUT2D eigenvalue weighted by molar-refractivity contribution is -0.620. The quantitative estimate of drug-likeness (QED) is 0.265. The number of carbonyl (C=O) groups is 1. The second kappa shape index (κ2) is 11.0. The number of rotatable bonds is 7. The minimum Gasteiger partial charge on any atom is -0.379 e. The number of amides is 2. The Bertz CT molecular complexity index is 1580. The van der Waals surface area contributed by atoms with Crippen molar-refractivity contribution in [3.05, 3.63) is 60.4 Å². The van der Waals surface area contributed by atoms with Crippen LogP contribution in [0, 0.1) is 5.82 Å². The van der Waals surface area contributed by atoms with Crippen LogP contribution in [0.5, 0.6) is 0 Å². The molecule has 0 spiro atoms. The molecule has 3 aromatic heterocycles. The highest BCUT2D eigenvalue weighted by Gasteiger charge is 2.18. The zero-order valence-electron chi connectivity index (χ0n) is 20.2. The molecule has 4 heterocycles. The predicted octanol–water partition coefficient (Wildman–Crippen LogP) is 3.56. The number of urea groups is 1. The van der Waals surface area contributed by atoms with Gasteiger partial charge in [-0.2, -0.15) is 0 Å². The van der Waals surface area contributed by atoms with Crippen molar-refractivity contribution < 1.29 is 18.4 Å². The van der Waals surface area contributed by atoms with E-state index in [4.69, 9.17) is 9.84 Å². The van der Waals surface area contributed by atoms with Crippen LogP contribution in [-0.2, 0) is 4.74 Å². The van der Waals surface area contributed by atoms with Crippen LogP contribution in [0.15, 0.2) is 64.6 Å². The number of benzene rings is 2. The van der Waals surface area contributed by atoms with E-state index < -0.39 is 0 Å². The minimum atomic E-state index is -0.289. The molecule has 0 atom stereocenters. The van der Waals surface area contributed by atoms with E-state index in [2.05, 4.69) is 30.7 Å². The number of aromatic amines is 1. The van der Waals surface area contributed by atoms with E-state index in [9.17, 15) is 9.18 Å². The van der Waals surface area contributed by atoms with Crippen molar-refractivity contribution in [2.45, 2.75) is 10.1 Å². The molecular weight excluding hydrogens is 527 g/mol. The molecule has 0 bridgehead atoms. The van der Waals surface area contributed by atoms with Gasteiger partial charge in [-0.3, -0.25) is 10.2 Å². The van der Waals surface area contributed by atoms with Gasteiger partial charge >= 0.3 is 16.8 Å². The van der Waals surface area contributed by atoms with Crippen LogP contribution in [0.2, 0.25) is 0 Å². The molecule has 0 saturated carbocycles. The molecule has 5 aromatic rings. The average molecular weight is 552 g/mol. The third-order valence-corrected chi connectivity index (χ3v) is 7.91. The Balaban J connectivity index is 1.13. The fraction of sp³-hybridized carbons (Fsp3) is 0.240. The van der Waals surface area contributed by atoms with Gasteiger partial charge in [0.15, 0.2) is 5.13 Å². The summed E-state index contributed by atoms with van der Waals surface area (Å²) in [6, 6.07) is 15.6.